The number of likely N-dealkylation sites (tertiary alicyclic amines) is 1. The Morgan fingerprint density at radius 3 is 2.86 bits per heavy atom. The molecule has 7 heteroatoms. The SMILES string of the molecule is CC1CN(C)CCC1NC(=O)c1cc(F)ccc1[N+](=O)[O-]. The summed E-state index contributed by atoms with van der Waals surface area (Å²) < 4.78 is 13.3. The van der Waals surface area contributed by atoms with Crippen molar-refractivity contribution in [1.29, 1.82) is 0 Å². The highest BCUT2D eigenvalue weighted by Gasteiger charge is 2.28. The van der Waals surface area contributed by atoms with E-state index in [1.807, 2.05) is 14.0 Å². The lowest BCUT2D eigenvalue weighted by Crippen LogP contribution is -2.48. The molecule has 1 aromatic rings. The molecule has 2 rings (SSSR count). The molecule has 1 amide bonds. The standard InChI is InChI=1S/C14H18FN3O3/c1-9-8-17(2)6-5-12(9)16-14(19)11-7-10(15)3-4-13(11)18(20)21/h3-4,7,9,12H,5-6,8H2,1-2H3,(H,16,19). The Hall–Kier alpha value is -2.02. The van der Waals surface area contributed by atoms with Gasteiger partial charge in [0.1, 0.15) is 11.4 Å². The van der Waals surface area contributed by atoms with Gasteiger partial charge in [-0.3, -0.25) is 14.9 Å². The maximum atomic E-state index is 13.3. The van der Waals surface area contributed by atoms with Gasteiger partial charge in [-0.25, -0.2) is 4.39 Å². The van der Waals surface area contributed by atoms with E-state index in [0.29, 0.717) is 0 Å². The number of nitro benzene ring substituents is 1. The summed E-state index contributed by atoms with van der Waals surface area (Å²) in [5.41, 5.74) is -0.611. The van der Waals surface area contributed by atoms with Gasteiger partial charge in [0.15, 0.2) is 0 Å². The van der Waals surface area contributed by atoms with E-state index < -0.39 is 16.6 Å². The van der Waals surface area contributed by atoms with Gasteiger partial charge in [0.05, 0.1) is 4.92 Å². The number of piperidine rings is 1. The quantitative estimate of drug-likeness (QED) is 0.681. The summed E-state index contributed by atoms with van der Waals surface area (Å²) in [7, 11) is 2.01. The predicted octanol–water partition coefficient (Wildman–Crippen LogP) is 1.80. The van der Waals surface area contributed by atoms with Crippen LogP contribution in [0, 0.1) is 21.8 Å². The zero-order chi connectivity index (χ0) is 15.6. The second-order valence-corrected chi connectivity index (χ2v) is 5.53. The molecule has 21 heavy (non-hydrogen) atoms. The lowest BCUT2D eigenvalue weighted by atomic mass is 9.94. The number of nitrogens with zero attached hydrogens (tertiary/aromatic N) is 2. The van der Waals surface area contributed by atoms with Crippen LogP contribution in [0.15, 0.2) is 18.2 Å². The summed E-state index contributed by atoms with van der Waals surface area (Å²) in [6.45, 7) is 3.71. The third-order valence-electron chi connectivity index (χ3n) is 3.82. The lowest BCUT2D eigenvalue weighted by Gasteiger charge is -2.35. The predicted molar refractivity (Wildman–Crippen MR) is 75.6 cm³/mol. The Morgan fingerprint density at radius 2 is 2.24 bits per heavy atom. The van der Waals surface area contributed by atoms with Gasteiger partial charge >= 0.3 is 0 Å². The van der Waals surface area contributed by atoms with Crippen LogP contribution in [0.5, 0.6) is 0 Å². The zero-order valence-electron chi connectivity index (χ0n) is 12.0. The van der Waals surface area contributed by atoms with Crippen LogP contribution in [-0.4, -0.2) is 41.9 Å². The molecule has 2 atom stereocenters. The number of hydrogen-bond acceptors (Lipinski definition) is 4. The van der Waals surface area contributed by atoms with E-state index in [2.05, 4.69) is 10.2 Å². The first-order chi connectivity index (χ1) is 9.88. The Labute approximate surface area is 122 Å². The van der Waals surface area contributed by atoms with Crippen LogP contribution in [-0.2, 0) is 0 Å². The first kappa shape index (κ1) is 15.4. The molecule has 1 aromatic carbocycles. The van der Waals surface area contributed by atoms with Crippen molar-refractivity contribution in [3.05, 3.63) is 39.7 Å². The zero-order valence-corrected chi connectivity index (χ0v) is 12.0. The molecular formula is C14H18FN3O3. The summed E-state index contributed by atoms with van der Waals surface area (Å²) in [6, 6.07) is 2.85. The lowest BCUT2D eigenvalue weighted by molar-refractivity contribution is -0.385. The highest BCUT2D eigenvalue weighted by molar-refractivity contribution is 5.98. The van der Waals surface area contributed by atoms with E-state index in [9.17, 15) is 19.3 Å². The fourth-order valence-corrected chi connectivity index (χ4v) is 2.66. The Morgan fingerprint density at radius 1 is 1.52 bits per heavy atom. The van der Waals surface area contributed by atoms with Gasteiger partial charge in [-0.15, -0.1) is 0 Å². The van der Waals surface area contributed by atoms with Crippen LogP contribution < -0.4 is 5.32 Å². The van der Waals surface area contributed by atoms with E-state index in [4.69, 9.17) is 0 Å². The molecule has 0 saturated carbocycles. The van der Waals surface area contributed by atoms with Gasteiger partial charge in [0.2, 0.25) is 0 Å². The van der Waals surface area contributed by atoms with Crippen molar-refractivity contribution in [2.45, 2.75) is 19.4 Å². The number of nitrogens with one attached hydrogen (secondary N) is 1. The van der Waals surface area contributed by atoms with Gasteiger partial charge in [0.25, 0.3) is 11.6 Å². The molecule has 1 aliphatic heterocycles. The van der Waals surface area contributed by atoms with Gasteiger partial charge in [-0.2, -0.15) is 0 Å². The van der Waals surface area contributed by atoms with Crippen molar-refractivity contribution in [3.8, 4) is 0 Å². The van der Waals surface area contributed by atoms with Crippen molar-refractivity contribution in [2.24, 2.45) is 5.92 Å². The molecule has 1 fully saturated rings. The smallest absolute Gasteiger partial charge is 0.282 e. The summed E-state index contributed by atoms with van der Waals surface area (Å²) in [6.07, 6.45) is 0.770. The number of benzene rings is 1. The van der Waals surface area contributed by atoms with Crippen LogP contribution in [0.4, 0.5) is 10.1 Å². The van der Waals surface area contributed by atoms with Crippen molar-refractivity contribution < 1.29 is 14.1 Å². The first-order valence-corrected chi connectivity index (χ1v) is 6.82. The van der Waals surface area contributed by atoms with Crippen molar-refractivity contribution in [2.75, 3.05) is 20.1 Å². The van der Waals surface area contributed by atoms with E-state index in [0.717, 1.165) is 37.7 Å². The first-order valence-electron chi connectivity index (χ1n) is 6.82. The van der Waals surface area contributed by atoms with Crippen molar-refractivity contribution in [1.82, 2.24) is 10.2 Å². The van der Waals surface area contributed by atoms with Gasteiger partial charge in [0, 0.05) is 18.7 Å². The van der Waals surface area contributed by atoms with E-state index in [-0.39, 0.29) is 23.2 Å². The van der Waals surface area contributed by atoms with Crippen LogP contribution in [0.25, 0.3) is 0 Å². The molecule has 1 N–H and O–H groups in total. The second kappa shape index (κ2) is 6.17. The molecule has 2 unspecified atom stereocenters. The van der Waals surface area contributed by atoms with Gasteiger partial charge < -0.3 is 10.2 Å². The van der Waals surface area contributed by atoms with E-state index in [1.54, 1.807) is 0 Å². The number of amides is 1. The molecule has 1 heterocycles. The van der Waals surface area contributed by atoms with Crippen molar-refractivity contribution in [3.63, 3.8) is 0 Å². The van der Waals surface area contributed by atoms with Crippen LogP contribution in [0.2, 0.25) is 0 Å². The Balaban J connectivity index is 2.17. The molecule has 0 aliphatic carbocycles. The fraction of sp³-hybridized carbons (Fsp3) is 0.500. The van der Waals surface area contributed by atoms with Crippen molar-refractivity contribution >= 4 is 11.6 Å². The molecule has 0 radical (unpaired) electrons. The normalized spacial score (nSPS) is 22.8. The largest absolute Gasteiger partial charge is 0.349 e. The monoisotopic (exact) mass is 295 g/mol. The molecular weight excluding hydrogens is 277 g/mol. The molecule has 0 spiro atoms. The number of hydrogen-bond donors (Lipinski definition) is 1. The highest BCUT2D eigenvalue weighted by Crippen LogP contribution is 2.21. The summed E-state index contributed by atoms with van der Waals surface area (Å²) in [5.74, 6) is -1.02. The average molecular weight is 295 g/mol. The number of carbonyl (C=O) groups is 1. The fourth-order valence-electron chi connectivity index (χ4n) is 2.66. The minimum atomic E-state index is -0.674. The number of nitro groups is 1. The van der Waals surface area contributed by atoms with Gasteiger partial charge in [-0.05, 0) is 38.1 Å². The molecule has 114 valence electrons. The maximum absolute atomic E-state index is 13.3. The summed E-state index contributed by atoms with van der Waals surface area (Å²) >= 11 is 0. The minimum absolute atomic E-state index is 0.0587. The molecule has 0 bridgehead atoms. The highest BCUT2D eigenvalue weighted by atomic mass is 19.1. The van der Waals surface area contributed by atoms with Crippen LogP contribution in [0.3, 0.4) is 0 Å². The molecule has 1 aliphatic rings. The summed E-state index contributed by atoms with van der Waals surface area (Å²) in [5, 5.41) is 13.7. The number of halogens is 1. The third-order valence-corrected chi connectivity index (χ3v) is 3.82. The third kappa shape index (κ3) is 3.55. The van der Waals surface area contributed by atoms with Crippen LogP contribution >= 0.6 is 0 Å². The minimum Gasteiger partial charge on any atom is -0.349 e. The van der Waals surface area contributed by atoms with Gasteiger partial charge in [-0.1, -0.05) is 6.92 Å². The second-order valence-electron chi connectivity index (χ2n) is 5.53. The number of carbonyl (C=O) groups excluding carboxylic acids is 1. The molecule has 0 aromatic heterocycles. The number of rotatable bonds is 3. The molecule has 6 nitrogen and oxygen atoms in total. The van der Waals surface area contributed by atoms with E-state index in [1.165, 1.54) is 0 Å². The topological polar surface area (TPSA) is 75.5 Å². The van der Waals surface area contributed by atoms with E-state index >= 15 is 0 Å². The Bertz CT molecular complexity index is 564. The molecule has 1 saturated heterocycles. The van der Waals surface area contributed by atoms with Crippen LogP contribution in [0.1, 0.15) is 23.7 Å². The average Bonchev–Trinajstić information content (AvgIpc) is 2.41. The summed E-state index contributed by atoms with van der Waals surface area (Å²) in [4.78, 5) is 24.6. The Kier molecular flexibility index (Phi) is 4.52. The maximum Gasteiger partial charge on any atom is 0.282 e.